The average Bonchev–Trinajstić information content (AvgIpc) is 3.16. The minimum atomic E-state index is -0.125. The molecule has 32 heavy (non-hydrogen) atoms. The van der Waals surface area contributed by atoms with Crippen molar-refractivity contribution in [1.82, 2.24) is 0 Å². The molecule has 0 atom stereocenters. The maximum Gasteiger partial charge on any atom is 0.305 e. The highest BCUT2D eigenvalue weighted by molar-refractivity contribution is 8.00. The standard InChI is InChI=1S/C28H36O3S/c1-7-20-18-25-24(27(3,4)19-28(5,6)32-25)17-21(20)13-14-23-16-15-22(31-23)11-9-10-12-26(29)30-8-2/h15-18H,7-12,19H2,1-6H3. The van der Waals surface area contributed by atoms with E-state index >= 15 is 0 Å². The number of rotatable bonds is 7. The smallest absolute Gasteiger partial charge is 0.305 e. The number of carbonyl (C=O) groups is 1. The normalized spacial score (nSPS) is 16.1. The molecule has 0 saturated heterocycles. The fraction of sp³-hybridized carbons (Fsp3) is 0.536. The Morgan fingerprint density at radius 1 is 1.12 bits per heavy atom. The number of furan rings is 1. The third-order valence-corrected chi connectivity index (χ3v) is 7.17. The summed E-state index contributed by atoms with van der Waals surface area (Å²) in [7, 11) is 0. The van der Waals surface area contributed by atoms with Crippen molar-refractivity contribution in [3.05, 3.63) is 52.5 Å². The lowest BCUT2D eigenvalue weighted by atomic mass is 9.76. The number of thioether (sulfide) groups is 1. The van der Waals surface area contributed by atoms with Crippen molar-refractivity contribution in [2.75, 3.05) is 6.61 Å². The van der Waals surface area contributed by atoms with Crippen molar-refractivity contribution in [1.29, 1.82) is 0 Å². The van der Waals surface area contributed by atoms with Gasteiger partial charge < -0.3 is 9.15 Å². The van der Waals surface area contributed by atoms with E-state index < -0.39 is 0 Å². The van der Waals surface area contributed by atoms with Crippen molar-refractivity contribution in [3.8, 4) is 11.8 Å². The summed E-state index contributed by atoms with van der Waals surface area (Å²) in [6.07, 6.45) is 5.08. The fourth-order valence-electron chi connectivity index (χ4n) is 4.65. The Balaban J connectivity index is 1.71. The quantitative estimate of drug-likeness (QED) is 0.256. The Labute approximate surface area is 197 Å². The number of carbonyl (C=O) groups excluding carboxylic acids is 1. The van der Waals surface area contributed by atoms with Crippen LogP contribution >= 0.6 is 11.8 Å². The number of hydrogen-bond donors (Lipinski definition) is 0. The van der Waals surface area contributed by atoms with Gasteiger partial charge in [0.25, 0.3) is 0 Å². The Bertz CT molecular complexity index is 1020. The second-order valence-electron chi connectivity index (χ2n) is 9.81. The van der Waals surface area contributed by atoms with E-state index in [2.05, 4.69) is 58.6 Å². The third kappa shape index (κ3) is 6.23. The monoisotopic (exact) mass is 452 g/mol. The molecule has 0 bridgehead atoms. The minimum absolute atomic E-state index is 0.125. The highest BCUT2D eigenvalue weighted by atomic mass is 32.2. The zero-order valence-corrected chi connectivity index (χ0v) is 21.2. The van der Waals surface area contributed by atoms with Crippen molar-refractivity contribution in [2.45, 2.75) is 95.1 Å². The van der Waals surface area contributed by atoms with Gasteiger partial charge in [-0.25, -0.2) is 0 Å². The molecule has 1 aromatic carbocycles. The number of hydrogen-bond acceptors (Lipinski definition) is 4. The zero-order chi connectivity index (χ0) is 23.4. The van der Waals surface area contributed by atoms with Gasteiger partial charge in [-0.05, 0) is 79.3 Å². The predicted molar refractivity (Wildman–Crippen MR) is 132 cm³/mol. The molecule has 0 radical (unpaired) electrons. The summed E-state index contributed by atoms with van der Waals surface area (Å²) >= 11 is 1.99. The topological polar surface area (TPSA) is 39.4 Å². The lowest BCUT2D eigenvalue weighted by Gasteiger charge is -2.42. The number of benzene rings is 1. The van der Waals surface area contributed by atoms with Gasteiger partial charge in [-0.1, -0.05) is 40.5 Å². The van der Waals surface area contributed by atoms with E-state index in [0.717, 1.165) is 43.4 Å². The number of fused-ring (bicyclic) bond motifs is 1. The lowest BCUT2D eigenvalue weighted by Crippen LogP contribution is -2.33. The zero-order valence-electron chi connectivity index (χ0n) is 20.4. The first kappa shape index (κ1) is 24.5. The predicted octanol–water partition coefficient (Wildman–Crippen LogP) is 7.07. The summed E-state index contributed by atoms with van der Waals surface area (Å²) in [5, 5.41) is 0. The molecule has 0 spiro atoms. The third-order valence-electron chi connectivity index (χ3n) is 5.91. The van der Waals surface area contributed by atoms with Crippen molar-refractivity contribution in [2.24, 2.45) is 0 Å². The summed E-state index contributed by atoms with van der Waals surface area (Å²) < 4.78 is 11.1. The molecule has 0 fully saturated rings. The maximum absolute atomic E-state index is 11.4. The molecule has 2 aromatic rings. The van der Waals surface area contributed by atoms with Crippen LogP contribution in [0.25, 0.3) is 0 Å². The number of esters is 1. The number of unbranched alkanes of at least 4 members (excludes halogenated alkanes) is 1. The molecule has 4 heteroatoms. The molecule has 172 valence electrons. The van der Waals surface area contributed by atoms with E-state index in [0.29, 0.717) is 18.8 Å². The molecule has 2 heterocycles. The average molecular weight is 453 g/mol. The Hall–Kier alpha value is -2.12. The van der Waals surface area contributed by atoms with Crippen molar-refractivity contribution < 1.29 is 13.9 Å². The molecular weight excluding hydrogens is 416 g/mol. The molecule has 3 nitrogen and oxygen atoms in total. The molecule has 0 N–H and O–H groups in total. The van der Waals surface area contributed by atoms with Crippen LogP contribution in [0.2, 0.25) is 0 Å². The minimum Gasteiger partial charge on any atom is -0.466 e. The Morgan fingerprint density at radius 3 is 2.62 bits per heavy atom. The SMILES string of the molecule is CCOC(=O)CCCCc1ccc(C#Cc2cc3c(cc2CC)SC(C)(C)CC3(C)C)o1. The molecule has 1 aliphatic heterocycles. The Kier molecular flexibility index (Phi) is 7.83. The second-order valence-corrected chi connectivity index (χ2v) is 11.6. The van der Waals surface area contributed by atoms with Crippen LogP contribution in [0, 0.1) is 11.8 Å². The van der Waals surface area contributed by atoms with Crippen molar-refractivity contribution in [3.63, 3.8) is 0 Å². The van der Waals surface area contributed by atoms with E-state index in [1.54, 1.807) is 0 Å². The van der Waals surface area contributed by atoms with Gasteiger partial charge in [-0.2, -0.15) is 0 Å². The van der Waals surface area contributed by atoms with Gasteiger partial charge in [0.15, 0.2) is 5.76 Å². The number of aryl methyl sites for hydroxylation is 2. The molecule has 1 aliphatic rings. The van der Waals surface area contributed by atoms with Gasteiger partial charge in [0.2, 0.25) is 0 Å². The molecule has 0 saturated carbocycles. The summed E-state index contributed by atoms with van der Waals surface area (Å²) in [5.74, 6) is 8.10. The largest absolute Gasteiger partial charge is 0.466 e. The van der Waals surface area contributed by atoms with Crippen LogP contribution in [0.1, 0.15) is 95.4 Å². The molecule has 1 aromatic heterocycles. The number of ether oxygens (including phenoxy) is 1. The van der Waals surface area contributed by atoms with Crippen molar-refractivity contribution >= 4 is 17.7 Å². The van der Waals surface area contributed by atoms with E-state index in [1.807, 2.05) is 30.8 Å². The molecule has 3 rings (SSSR count). The van der Waals surface area contributed by atoms with E-state index in [4.69, 9.17) is 9.15 Å². The van der Waals surface area contributed by atoms with Crippen LogP contribution < -0.4 is 0 Å². The molecule has 0 aliphatic carbocycles. The van der Waals surface area contributed by atoms with Gasteiger partial charge in [0.05, 0.1) is 6.61 Å². The van der Waals surface area contributed by atoms with Crippen LogP contribution in [0.15, 0.2) is 33.6 Å². The lowest BCUT2D eigenvalue weighted by molar-refractivity contribution is -0.143. The molecule has 0 amide bonds. The van der Waals surface area contributed by atoms with Gasteiger partial charge in [0.1, 0.15) is 5.76 Å². The van der Waals surface area contributed by atoms with E-state index in [-0.39, 0.29) is 16.1 Å². The fourth-order valence-corrected chi connectivity index (χ4v) is 6.32. The summed E-state index contributed by atoms with van der Waals surface area (Å²) in [6, 6.07) is 8.59. The first-order valence-electron chi connectivity index (χ1n) is 11.8. The first-order chi connectivity index (χ1) is 15.1. The maximum atomic E-state index is 11.4. The molecular formula is C28H36O3S. The van der Waals surface area contributed by atoms with Crippen LogP contribution in [-0.4, -0.2) is 17.3 Å². The van der Waals surface area contributed by atoms with Gasteiger partial charge in [-0.3, -0.25) is 4.79 Å². The summed E-state index contributed by atoms with van der Waals surface area (Å²) in [6.45, 7) is 13.8. The highest BCUT2D eigenvalue weighted by Crippen LogP contribution is 2.51. The summed E-state index contributed by atoms with van der Waals surface area (Å²) in [4.78, 5) is 12.8. The first-order valence-corrected chi connectivity index (χ1v) is 12.6. The highest BCUT2D eigenvalue weighted by Gasteiger charge is 2.38. The van der Waals surface area contributed by atoms with Gasteiger partial charge in [-0.15, -0.1) is 11.8 Å². The second kappa shape index (κ2) is 10.2. The van der Waals surface area contributed by atoms with E-state index in [1.165, 1.54) is 16.0 Å². The van der Waals surface area contributed by atoms with Gasteiger partial charge in [0, 0.05) is 28.0 Å². The Morgan fingerprint density at radius 2 is 1.91 bits per heavy atom. The van der Waals surface area contributed by atoms with Gasteiger partial charge >= 0.3 is 5.97 Å². The molecule has 0 unspecified atom stereocenters. The van der Waals surface area contributed by atoms with Crippen LogP contribution in [-0.2, 0) is 27.8 Å². The van der Waals surface area contributed by atoms with Crippen LogP contribution in [0.3, 0.4) is 0 Å². The summed E-state index contributed by atoms with van der Waals surface area (Å²) in [5.41, 5.74) is 3.94. The van der Waals surface area contributed by atoms with Crippen LogP contribution in [0.4, 0.5) is 0 Å². The van der Waals surface area contributed by atoms with Crippen LogP contribution in [0.5, 0.6) is 0 Å². The van der Waals surface area contributed by atoms with E-state index in [9.17, 15) is 4.79 Å².